The van der Waals surface area contributed by atoms with E-state index in [9.17, 15) is 4.79 Å². The third-order valence-electron chi connectivity index (χ3n) is 3.82. The molecule has 0 heterocycles. The second-order valence-electron chi connectivity index (χ2n) is 6.63. The molecule has 100 valence electrons. The number of carbonyl (C=O) groups is 1. The van der Waals surface area contributed by atoms with Crippen LogP contribution in [0.5, 0.6) is 0 Å². The maximum atomic E-state index is 11.9. The van der Waals surface area contributed by atoms with Crippen molar-refractivity contribution in [2.24, 2.45) is 5.41 Å². The highest BCUT2D eigenvalue weighted by Crippen LogP contribution is 2.35. The van der Waals surface area contributed by atoms with E-state index in [2.05, 4.69) is 27.7 Å². The molecule has 1 fully saturated rings. The van der Waals surface area contributed by atoms with Gasteiger partial charge in [0.05, 0.1) is 0 Å². The number of carbonyl (C=O) groups excluding carboxylic acids is 1. The van der Waals surface area contributed by atoms with Gasteiger partial charge in [0.15, 0.2) is 0 Å². The van der Waals surface area contributed by atoms with E-state index in [-0.39, 0.29) is 17.0 Å². The molecule has 0 aromatic carbocycles. The first kappa shape index (κ1) is 14.5. The van der Waals surface area contributed by atoms with Gasteiger partial charge in [0.1, 0.15) is 5.60 Å². The number of ether oxygens (including phenoxy) is 1. The average Bonchev–Trinajstić information content (AvgIpc) is 2.27. The second-order valence-corrected chi connectivity index (χ2v) is 6.63. The predicted molar refractivity (Wildman–Crippen MR) is 70.9 cm³/mol. The number of esters is 1. The van der Waals surface area contributed by atoms with Crippen LogP contribution in [0, 0.1) is 5.41 Å². The third-order valence-corrected chi connectivity index (χ3v) is 3.82. The molecule has 1 saturated carbocycles. The summed E-state index contributed by atoms with van der Waals surface area (Å²) >= 11 is 0. The third kappa shape index (κ3) is 5.10. The molecule has 0 bridgehead atoms. The Morgan fingerprint density at radius 2 is 1.76 bits per heavy atom. The Kier molecular flexibility index (Phi) is 5.03. The van der Waals surface area contributed by atoms with Gasteiger partial charge in [-0.05, 0) is 43.9 Å². The van der Waals surface area contributed by atoms with Crippen molar-refractivity contribution in [1.82, 2.24) is 0 Å². The van der Waals surface area contributed by atoms with Gasteiger partial charge in [-0.2, -0.15) is 0 Å². The van der Waals surface area contributed by atoms with Gasteiger partial charge in [-0.3, -0.25) is 4.79 Å². The van der Waals surface area contributed by atoms with Crippen LogP contribution in [-0.2, 0) is 9.53 Å². The van der Waals surface area contributed by atoms with Gasteiger partial charge < -0.3 is 4.74 Å². The summed E-state index contributed by atoms with van der Waals surface area (Å²) in [4.78, 5) is 11.9. The zero-order chi connectivity index (χ0) is 12.9. The van der Waals surface area contributed by atoms with Crippen LogP contribution >= 0.6 is 0 Å². The standard InChI is InChI=1S/C15H28O2/c1-5-15(10-7-6-8-11-15)17-13(16)9-12-14(2,3)4/h5-12H2,1-4H3. The lowest BCUT2D eigenvalue weighted by molar-refractivity contribution is -0.164. The first-order chi connectivity index (χ1) is 7.87. The molecular formula is C15H28O2. The highest BCUT2D eigenvalue weighted by Gasteiger charge is 2.34. The van der Waals surface area contributed by atoms with E-state index >= 15 is 0 Å². The Balaban J connectivity index is 2.42. The quantitative estimate of drug-likeness (QED) is 0.678. The summed E-state index contributed by atoms with van der Waals surface area (Å²) in [6.45, 7) is 8.63. The van der Waals surface area contributed by atoms with Crippen LogP contribution in [0.4, 0.5) is 0 Å². The molecule has 0 aromatic heterocycles. The van der Waals surface area contributed by atoms with Crippen LogP contribution in [0.25, 0.3) is 0 Å². The van der Waals surface area contributed by atoms with Crippen molar-refractivity contribution in [2.75, 3.05) is 0 Å². The molecule has 2 nitrogen and oxygen atoms in total. The Hall–Kier alpha value is -0.530. The van der Waals surface area contributed by atoms with Crippen LogP contribution in [0.3, 0.4) is 0 Å². The molecule has 0 N–H and O–H groups in total. The van der Waals surface area contributed by atoms with Crippen molar-refractivity contribution in [3.8, 4) is 0 Å². The summed E-state index contributed by atoms with van der Waals surface area (Å²) < 4.78 is 5.78. The first-order valence-electron chi connectivity index (χ1n) is 7.09. The largest absolute Gasteiger partial charge is 0.459 e. The normalized spacial score (nSPS) is 20.0. The van der Waals surface area contributed by atoms with E-state index in [0.29, 0.717) is 6.42 Å². The van der Waals surface area contributed by atoms with Gasteiger partial charge >= 0.3 is 5.97 Å². The van der Waals surface area contributed by atoms with Gasteiger partial charge in [-0.1, -0.05) is 34.1 Å². The Bertz CT molecular complexity index is 244. The van der Waals surface area contributed by atoms with Gasteiger partial charge in [-0.25, -0.2) is 0 Å². The van der Waals surface area contributed by atoms with Crippen molar-refractivity contribution in [3.05, 3.63) is 0 Å². The van der Waals surface area contributed by atoms with E-state index in [1.54, 1.807) is 0 Å². The molecule has 2 heteroatoms. The molecule has 0 radical (unpaired) electrons. The fraction of sp³-hybridized carbons (Fsp3) is 0.933. The van der Waals surface area contributed by atoms with Crippen LogP contribution < -0.4 is 0 Å². The summed E-state index contributed by atoms with van der Waals surface area (Å²) in [6.07, 6.45) is 8.27. The fourth-order valence-corrected chi connectivity index (χ4v) is 2.49. The molecule has 0 amide bonds. The highest BCUT2D eigenvalue weighted by atomic mass is 16.6. The molecule has 1 aliphatic rings. The SMILES string of the molecule is CCC1(OC(=O)CCC(C)(C)C)CCCCC1. The molecule has 0 unspecified atom stereocenters. The summed E-state index contributed by atoms with van der Waals surface area (Å²) in [7, 11) is 0. The monoisotopic (exact) mass is 240 g/mol. The molecule has 0 saturated heterocycles. The molecule has 1 rings (SSSR count). The van der Waals surface area contributed by atoms with E-state index in [4.69, 9.17) is 4.74 Å². The van der Waals surface area contributed by atoms with Crippen LogP contribution in [0.15, 0.2) is 0 Å². The van der Waals surface area contributed by atoms with Gasteiger partial charge in [0, 0.05) is 6.42 Å². The fourth-order valence-electron chi connectivity index (χ4n) is 2.49. The molecule has 17 heavy (non-hydrogen) atoms. The minimum atomic E-state index is -0.132. The van der Waals surface area contributed by atoms with Crippen molar-refractivity contribution >= 4 is 5.97 Å². The Morgan fingerprint density at radius 1 is 1.18 bits per heavy atom. The minimum Gasteiger partial charge on any atom is -0.459 e. The van der Waals surface area contributed by atoms with Gasteiger partial charge in [0.25, 0.3) is 0 Å². The van der Waals surface area contributed by atoms with Gasteiger partial charge in [0.2, 0.25) is 0 Å². The zero-order valence-electron chi connectivity index (χ0n) is 12.0. The van der Waals surface area contributed by atoms with Gasteiger partial charge in [-0.15, -0.1) is 0 Å². The van der Waals surface area contributed by atoms with E-state index in [0.717, 1.165) is 25.7 Å². The maximum absolute atomic E-state index is 11.9. The van der Waals surface area contributed by atoms with Crippen LogP contribution in [0.1, 0.15) is 79.1 Å². The molecule has 0 aliphatic heterocycles. The molecular weight excluding hydrogens is 212 g/mol. The smallest absolute Gasteiger partial charge is 0.306 e. The highest BCUT2D eigenvalue weighted by molar-refractivity contribution is 5.70. The summed E-state index contributed by atoms with van der Waals surface area (Å²) in [5.41, 5.74) is 0.0815. The van der Waals surface area contributed by atoms with Crippen LogP contribution in [0.2, 0.25) is 0 Å². The lowest BCUT2D eigenvalue weighted by Crippen LogP contribution is -2.36. The number of rotatable bonds is 4. The number of hydrogen-bond donors (Lipinski definition) is 0. The predicted octanol–water partition coefficient (Wildman–Crippen LogP) is 4.47. The van der Waals surface area contributed by atoms with E-state index < -0.39 is 0 Å². The topological polar surface area (TPSA) is 26.3 Å². The van der Waals surface area contributed by atoms with E-state index in [1.807, 2.05) is 0 Å². The zero-order valence-corrected chi connectivity index (χ0v) is 12.0. The summed E-state index contributed by atoms with van der Waals surface area (Å²) in [5, 5.41) is 0. The Labute approximate surface area is 106 Å². The lowest BCUT2D eigenvalue weighted by Gasteiger charge is -2.36. The van der Waals surface area contributed by atoms with E-state index in [1.165, 1.54) is 19.3 Å². The molecule has 0 spiro atoms. The van der Waals surface area contributed by atoms with Crippen molar-refractivity contribution in [1.29, 1.82) is 0 Å². The van der Waals surface area contributed by atoms with Crippen molar-refractivity contribution in [3.63, 3.8) is 0 Å². The summed E-state index contributed by atoms with van der Waals surface area (Å²) in [6, 6.07) is 0. The first-order valence-corrected chi connectivity index (χ1v) is 7.09. The summed E-state index contributed by atoms with van der Waals surface area (Å²) in [5.74, 6) is 0.00340. The maximum Gasteiger partial charge on any atom is 0.306 e. The molecule has 1 aliphatic carbocycles. The molecule has 0 atom stereocenters. The molecule has 0 aromatic rings. The van der Waals surface area contributed by atoms with Crippen molar-refractivity contribution < 1.29 is 9.53 Å². The average molecular weight is 240 g/mol. The minimum absolute atomic E-state index is 0.00340. The van der Waals surface area contributed by atoms with Crippen LogP contribution in [-0.4, -0.2) is 11.6 Å². The second kappa shape index (κ2) is 5.88. The van der Waals surface area contributed by atoms with Crippen molar-refractivity contribution in [2.45, 2.75) is 84.7 Å². The number of hydrogen-bond acceptors (Lipinski definition) is 2. The Morgan fingerprint density at radius 3 is 2.24 bits per heavy atom. The lowest BCUT2D eigenvalue weighted by atomic mass is 9.82.